The number of hydrogen-bond acceptors (Lipinski definition) is 15. The van der Waals surface area contributed by atoms with Gasteiger partial charge in [0.15, 0.2) is 11.5 Å². The number of ether oxygens (including phenoxy) is 2. The maximum atomic E-state index is 15.8. The molecule has 0 spiro atoms. The van der Waals surface area contributed by atoms with Crippen LogP contribution in [0.3, 0.4) is 0 Å². The predicted octanol–water partition coefficient (Wildman–Crippen LogP) is 5.77. The van der Waals surface area contributed by atoms with Crippen molar-refractivity contribution in [2.24, 2.45) is 5.92 Å². The van der Waals surface area contributed by atoms with E-state index in [1.54, 1.807) is 24.3 Å². The van der Waals surface area contributed by atoms with Gasteiger partial charge in [-0.15, -0.1) is 10.2 Å². The summed E-state index contributed by atoms with van der Waals surface area (Å²) in [6.07, 6.45) is 7.98. The molecule has 2 atom stereocenters. The zero-order valence-corrected chi connectivity index (χ0v) is 41.5. The molecule has 5 heterocycles. The van der Waals surface area contributed by atoms with Crippen LogP contribution in [0.5, 0.6) is 5.75 Å². The molecule has 5 amide bonds. The van der Waals surface area contributed by atoms with E-state index in [9.17, 15) is 38.7 Å². The number of unbranched alkanes of at least 4 members (excludes halogenated alkanes) is 4. The van der Waals surface area contributed by atoms with Crippen molar-refractivity contribution >= 4 is 64.9 Å². The Bertz CT molecular complexity index is 2580. The van der Waals surface area contributed by atoms with E-state index < -0.39 is 54.3 Å². The lowest BCUT2D eigenvalue weighted by atomic mass is 9.93. The van der Waals surface area contributed by atoms with E-state index >= 15 is 4.39 Å². The quantitative estimate of drug-likeness (QED) is 0.0732. The Hall–Kier alpha value is -6.56. The van der Waals surface area contributed by atoms with E-state index in [-0.39, 0.29) is 59.8 Å². The van der Waals surface area contributed by atoms with Crippen molar-refractivity contribution < 1.29 is 52.5 Å². The van der Waals surface area contributed by atoms with Crippen LogP contribution in [0.25, 0.3) is 0 Å². The predicted molar refractivity (Wildman–Crippen MR) is 263 cm³/mol. The van der Waals surface area contributed by atoms with Crippen molar-refractivity contribution in [2.45, 2.75) is 121 Å². The molecular formula is C52H61ClFN9O10. The molecule has 1 saturated carbocycles. The van der Waals surface area contributed by atoms with Crippen molar-refractivity contribution in [3.8, 4) is 11.8 Å². The van der Waals surface area contributed by atoms with E-state index in [0.717, 1.165) is 99.6 Å². The van der Waals surface area contributed by atoms with Crippen molar-refractivity contribution in [2.75, 3.05) is 62.3 Å². The zero-order valence-electron chi connectivity index (χ0n) is 40.7. The summed E-state index contributed by atoms with van der Waals surface area (Å²) in [5.41, 5.74) is 0.666. The molecule has 1 aromatic heterocycles. The second-order valence-electron chi connectivity index (χ2n) is 19.5. The topological polar surface area (TPSA) is 236 Å². The van der Waals surface area contributed by atoms with E-state index in [0.29, 0.717) is 73.5 Å². The lowest BCUT2D eigenvalue weighted by Crippen LogP contribution is -2.56. The van der Waals surface area contributed by atoms with Gasteiger partial charge in [-0.2, -0.15) is 5.26 Å². The Labute approximate surface area is 427 Å². The van der Waals surface area contributed by atoms with Crippen LogP contribution in [0.15, 0.2) is 42.5 Å². The van der Waals surface area contributed by atoms with Gasteiger partial charge in [0.1, 0.15) is 36.7 Å². The highest BCUT2D eigenvalue weighted by Gasteiger charge is 2.48. The minimum atomic E-state index is -1.33. The molecule has 19 nitrogen and oxygen atoms in total. The summed E-state index contributed by atoms with van der Waals surface area (Å²) in [5.74, 6) is -3.27. The van der Waals surface area contributed by atoms with Crippen LogP contribution in [0.4, 0.5) is 15.9 Å². The van der Waals surface area contributed by atoms with Crippen molar-refractivity contribution in [3.05, 3.63) is 75.7 Å². The fraction of sp³-hybridized carbons (Fsp3) is 0.538. The fourth-order valence-corrected chi connectivity index (χ4v) is 10.7. The summed E-state index contributed by atoms with van der Waals surface area (Å²) in [7, 11) is 0. The number of carbonyl (C=O) groups excluding carboxylic acids is 6. The van der Waals surface area contributed by atoms with Crippen molar-refractivity contribution in [1.29, 1.82) is 5.26 Å². The molecule has 4 fully saturated rings. The van der Waals surface area contributed by atoms with Crippen LogP contribution in [-0.2, 0) is 23.9 Å². The highest BCUT2D eigenvalue weighted by molar-refractivity contribution is 6.31. The van der Waals surface area contributed by atoms with Gasteiger partial charge in [-0.1, -0.05) is 30.9 Å². The Morgan fingerprint density at radius 1 is 0.877 bits per heavy atom. The number of carbonyl (C=O) groups is 7. The molecule has 3 aromatic rings. The van der Waals surface area contributed by atoms with Crippen molar-refractivity contribution in [1.82, 2.24) is 30.2 Å². The van der Waals surface area contributed by atoms with Gasteiger partial charge in [0, 0.05) is 70.8 Å². The number of nitrogens with one attached hydrogen (secondary N) is 1. The van der Waals surface area contributed by atoms with Gasteiger partial charge in [-0.05, 0) is 100 Å². The number of nitrogens with zero attached hydrogens (tertiary/aromatic N) is 8. The van der Waals surface area contributed by atoms with E-state index in [2.05, 4.69) is 25.3 Å². The number of amides is 5. The van der Waals surface area contributed by atoms with E-state index in [1.165, 1.54) is 6.07 Å². The third-order valence-electron chi connectivity index (χ3n) is 14.6. The highest BCUT2D eigenvalue weighted by Crippen LogP contribution is 2.35. The summed E-state index contributed by atoms with van der Waals surface area (Å²) in [6.45, 7) is 4.17. The van der Waals surface area contributed by atoms with Gasteiger partial charge in [-0.3, -0.25) is 43.5 Å². The largest absolute Gasteiger partial charge is 0.490 e. The maximum Gasteiger partial charge on any atom is 0.305 e. The number of rotatable bonds is 21. The normalized spacial score (nSPS) is 21.2. The number of halogens is 2. The number of aliphatic carboxylic acids is 1. The molecular weight excluding hydrogens is 965 g/mol. The average molecular weight is 1030 g/mol. The molecule has 2 aromatic carbocycles. The molecule has 3 saturated heterocycles. The van der Waals surface area contributed by atoms with Gasteiger partial charge < -0.3 is 34.5 Å². The first kappa shape index (κ1) is 52.8. The van der Waals surface area contributed by atoms with Gasteiger partial charge in [0.25, 0.3) is 23.6 Å². The molecule has 73 heavy (non-hydrogen) atoms. The first-order valence-corrected chi connectivity index (χ1v) is 25.7. The number of aldehydes is 1. The molecule has 0 unspecified atom stereocenters. The van der Waals surface area contributed by atoms with Crippen molar-refractivity contribution in [3.63, 3.8) is 0 Å². The number of benzene rings is 2. The SMILES string of the molecule is N#Cc1ccc(OC2CCC(NC(=O)c3ccc(N4CCC(CN5CCN(c6cc7c(cc6F)C(=O)N([C@@H]6CCC(=O)N(CO[C@H](CCCCCCC=O)CC(=O)O)C6=O)C7=O)CC5)CC4)nn3)CC2)cc1Cl. The number of piperidine rings is 2. The molecule has 388 valence electrons. The smallest absolute Gasteiger partial charge is 0.305 e. The number of carboxylic acid groups (broad SMARTS) is 1. The molecule has 21 heteroatoms. The number of carboxylic acids is 1. The summed E-state index contributed by atoms with van der Waals surface area (Å²) >= 11 is 6.15. The van der Waals surface area contributed by atoms with Gasteiger partial charge in [0.05, 0.1) is 46.0 Å². The van der Waals surface area contributed by atoms with Crippen LogP contribution in [-0.4, -0.2) is 149 Å². The number of aromatic nitrogens is 2. The Morgan fingerprint density at radius 3 is 2.27 bits per heavy atom. The van der Waals surface area contributed by atoms with Gasteiger partial charge >= 0.3 is 5.97 Å². The Balaban J connectivity index is 0.766. The van der Waals surface area contributed by atoms with Crippen LogP contribution in [0, 0.1) is 23.1 Å². The summed E-state index contributed by atoms with van der Waals surface area (Å²) in [5, 5.41) is 30.7. The van der Waals surface area contributed by atoms with Crippen LogP contribution in [0.2, 0.25) is 5.02 Å². The molecule has 1 aliphatic carbocycles. The molecule has 0 radical (unpaired) electrons. The minimum absolute atomic E-state index is 0.00881. The zero-order chi connectivity index (χ0) is 51.6. The number of fused-ring (bicyclic) bond motifs is 1. The third kappa shape index (κ3) is 13.0. The Morgan fingerprint density at radius 2 is 1.60 bits per heavy atom. The second kappa shape index (κ2) is 24.4. The maximum absolute atomic E-state index is 15.8. The number of imide groups is 2. The second-order valence-corrected chi connectivity index (χ2v) is 19.9. The fourth-order valence-electron chi connectivity index (χ4n) is 10.5. The molecule has 4 aliphatic heterocycles. The van der Waals surface area contributed by atoms with E-state index in [1.807, 2.05) is 17.0 Å². The number of nitriles is 1. The first-order chi connectivity index (χ1) is 35.3. The van der Waals surface area contributed by atoms with Crippen LogP contribution in [0.1, 0.15) is 133 Å². The monoisotopic (exact) mass is 1030 g/mol. The van der Waals surface area contributed by atoms with Crippen LogP contribution >= 0.6 is 11.6 Å². The average Bonchev–Trinajstić information content (AvgIpc) is 3.62. The number of anilines is 2. The summed E-state index contributed by atoms with van der Waals surface area (Å²) < 4.78 is 27.7. The molecule has 8 rings (SSSR count). The lowest BCUT2D eigenvalue weighted by Gasteiger charge is -2.39. The van der Waals surface area contributed by atoms with E-state index in [4.69, 9.17) is 26.3 Å². The molecule has 5 aliphatic rings. The number of likely N-dealkylation sites (tertiary alicyclic amines) is 1. The standard InChI is InChI=1S/C52H61ClFN9O10/c53-41-26-38(10-7-34(41)30-55)73-36-11-8-35(9-12-36)56-49(68)43-13-15-46(58-57-43)61-19-17-33(18-20-61)31-59-21-23-60(24-22-59)45-29-40-39(28-42(45)54)50(69)63(51(40)70)44-14-16-47(65)62(52(44)71)32-72-37(27-48(66)67)6-4-2-1-3-5-25-64/h7,10,13,15,25-26,28-29,33,35-37,44H,1-6,8-9,11-12,14,16-24,27,31-32H2,(H,56,68)(H,66,67)/t35?,36?,37-,44-/m1/s1. The first-order valence-electron chi connectivity index (χ1n) is 25.4. The molecule has 0 bridgehead atoms. The third-order valence-corrected chi connectivity index (χ3v) is 15.0. The van der Waals surface area contributed by atoms with Gasteiger partial charge in [0.2, 0.25) is 5.91 Å². The van der Waals surface area contributed by atoms with Crippen LogP contribution < -0.4 is 19.9 Å². The summed E-state index contributed by atoms with van der Waals surface area (Å²) in [6, 6.07) is 11.7. The van der Waals surface area contributed by atoms with Gasteiger partial charge in [-0.25, -0.2) is 4.39 Å². The lowest BCUT2D eigenvalue weighted by molar-refractivity contribution is -0.161. The Kier molecular flexibility index (Phi) is 17.7. The summed E-state index contributed by atoms with van der Waals surface area (Å²) in [4.78, 5) is 97.5. The number of piperazine rings is 1. The highest BCUT2D eigenvalue weighted by atomic mass is 35.5. The molecule has 2 N–H and O–H groups in total. The minimum Gasteiger partial charge on any atom is -0.490 e. The number of hydrogen-bond donors (Lipinski definition) is 2.